The zero-order chi connectivity index (χ0) is 21.0. The van der Waals surface area contributed by atoms with Gasteiger partial charge in [0.15, 0.2) is 0 Å². The van der Waals surface area contributed by atoms with Crippen LogP contribution in [0.25, 0.3) is 0 Å². The third-order valence-electron chi connectivity index (χ3n) is 4.84. The maximum absolute atomic E-state index is 12.9. The van der Waals surface area contributed by atoms with Gasteiger partial charge in [0.1, 0.15) is 0 Å². The van der Waals surface area contributed by atoms with Gasteiger partial charge in [-0.25, -0.2) is 0 Å². The molecule has 0 unspecified atom stereocenters. The summed E-state index contributed by atoms with van der Waals surface area (Å²) in [5, 5.41) is 2.73. The highest BCUT2D eigenvalue weighted by molar-refractivity contribution is 5.96. The summed E-state index contributed by atoms with van der Waals surface area (Å²) in [6.07, 6.45) is -4.01. The number of hydrogen-bond donors (Lipinski definition) is 1. The standard InChI is InChI=1S/C21H22F3N3O2/c1-2-19(28)25-17-8-6-15(7-9-17)20(29)27-12-10-26(11-13-27)18-5-3-4-16(14-18)21(22,23)24/h3-9,14H,2,10-13H2,1H3,(H,25,28). The molecule has 1 aliphatic rings. The highest BCUT2D eigenvalue weighted by atomic mass is 19.4. The van der Waals surface area contributed by atoms with Crippen LogP contribution in [0.5, 0.6) is 0 Å². The van der Waals surface area contributed by atoms with Gasteiger partial charge in [-0.3, -0.25) is 9.59 Å². The van der Waals surface area contributed by atoms with E-state index in [1.54, 1.807) is 42.2 Å². The number of carbonyl (C=O) groups excluding carboxylic acids is 2. The largest absolute Gasteiger partial charge is 0.416 e. The average Bonchev–Trinajstić information content (AvgIpc) is 2.73. The first-order valence-corrected chi connectivity index (χ1v) is 9.39. The Morgan fingerprint density at radius 3 is 2.24 bits per heavy atom. The van der Waals surface area contributed by atoms with Crippen molar-refractivity contribution in [2.24, 2.45) is 0 Å². The Morgan fingerprint density at radius 2 is 1.66 bits per heavy atom. The fourth-order valence-corrected chi connectivity index (χ4v) is 3.17. The van der Waals surface area contributed by atoms with E-state index in [1.807, 2.05) is 4.90 Å². The molecular weight excluding hydrogens is 383 g/mol. The number of carbonyl (C=O) groups is 2. The van der Waals surface area contributed by atoms with Crippen LogP contribution in [0.2, 0.25) is 0 Å². The molecule has 5 nitrogen and oxygen atoms in total. The summed E-state index contributed by atoms with van der Waals surface area (Å²) >= 11 is 0. The molecule has 0 saturated carbocycles. The molecule has 1 saturated heterocycles. The Balaban J connectivity index is 1.60. The summed E-state index contributed by atoms with van der Waals surface area (Å²) in [5.74, 6) is -0.239. The number of halogens is 3. The molecule has 2 aromatic carbocycles. The molecule has 1 heterocycles. The molecule has 154 valence electrons. The predicted octanol–water partition coefficient (Wildman–Crippen LogP) is 4.02. The summed E-state index contributed by atoms with van der Waals surface area (Å²) in [4.78, 5) is 27.6. The lowest BCUT2D eigenvalue weighted by Crippen LogP contribution is -2.48. The zero-order valence-electron chi connectivity index (χ0n) is 16.0. The van der Waals surface area contributed by atoms with Crippen molar-refractivity contribution in [3.8, 4) is 0 Å². The lowest BCUT2D eigenvalue weighted by Gasteiger charge is -2.36. The van der Waals surface area contributed by atoms with Crippen LogP contribution in [0.4, 0.5) is 24.5 Å². The van der Waals surface area contributed by atoms with Crippen molar-refractivity contribution >= 4 is 23.2 Å². The Bertz CT molecular complexity index is 873. The molecule has 8 heteroatoms. The molecule has 2 amide bonds. The van der Waals surface area contributed by atoms with Gasteiger partial charge in [-0.1, -0.05) is 13.0 Å². The van der Waals surface area contributed by atoms with Crippen LogP contribution in [-0.2, 0) is 11.0 Å². The number of rotatable bonds is 4. The van der Waals surface area contributed by atoms with Crippen molar-refractivity contribution in [1.29, 1.82) is 0 Å². The molecule has 0 aliphatic carbocycles. The van der Waals surface area contributed by atoms with E-state index in [2.05, 4.69) is 5.32 Å². The summed E-state index contributed by atoms with van der Waals surface area (Å²) in [5.41, 5.74) is 0.960. The fraction of sp³-hybridized carbons (Fsp3) is 0.333. The second-order valence-corrected chi connectivity index (χ2v) is 6.81. The minimum atomic E-state index is -4.38. The monoisotopic (exact) mass is 405 g/mol. The van der Waals surface area contributed by atoms with E-state index in [9.17, 15) is 22.8 Å². The molecule has 0 spiro atoms. The molecule has 3 rings (SSSR count). The molecule has 29 heavy (non-hydrogen) atoms. The Morgan fingerprint density at radius 1 is 1.00 bits per heavy atom. The number of alkyl halides is 3. The van der Waals surface area contributed by atoms with Crippen LogP contribution in [0.15, 0.2) is 48.5 Å². The van der Waals surface area contributed by atoms with Crippen LogP contribution in [0.1, 0.15) is 29.3 Å². The van der Waals surface area contributed by atoms with Crippen molar-refractivity contribution in [3.63, 3.8) is 0 Å². The molecule has 0 aromatic heterocycles. The molecular formula is C21H22F3N3O2. The maximum Gasteiger partial charge on any atom is 0.416 e. The van der Waals surface area contributed by atoms with E-state index in [-0.39, 0.29) is 11.8 Å². The molecule has 2 aromatic rings. The van der Waals surface area contributed by atoms with Gasteiger partial charge in [0.25, 0.3) is 5.91 Å². The second kappa shape index (κ2) is 8.55. The molecule has 0 atom stereocenters. The van der Waals surface area contributed by atoms with Gasteiger partial charge < -0.3 is 15.1 Å². The van der Waals surface area contributed by atoms with Gasteiger partial charge in [-0.15, -0.1) is 0 Å². The average molecular weight is 405 g/mol. The number of nitrogens with one attached hydrogen (secondary N) is 1. The lowest BCUT2D eigenvalue weighted by atomic mass is 10.1. The van der Waals surface area contributed by atoms with Crippen molar-refractivity contribution in [2.45, 2.75) is 19.5 Å². The SMILES string of the molecule is CCC(=O)Nc1ccc(C(=O)N2CCN(c3cccc(C(F)(F)F)c3)CC2)cc1. The van der Waals surface area contributed by atoms with Crippen molar-refractivity contribution < 1.29 is 22.8 Å². The first-order chi connectivity index (χ1) is 13.8. The highest BCUT2D eigenvalue weighted by Gasteiger charge is 2.31. The molecule has 1 aliphatic heterocycles. The van der Waals surface area contributed by atoms with Crippen LogP contribution < -0.4 is 10.2 Å². The normalized spacial score (nSPS) is 14.6. The second-order valence-electron chi connectivity index (χ2n) is 6.81. The third kappa shape index (κ3) is 5.07. The summed E-state index contributed by atoms with van der Waals surface area (Å²) in [6, 6.07) is 11.9. The summed E-state index contributed by atoms with van der Waals surface area (Å²) < 4.78 is 38.7. The van der Waals surface area contributed by atoms with Gasteiger partial charge in [0.2, 0.25) is 5.91 Å². The number of benzene rings is 2. The third-order valence-corrected chi connectivity index (χ3v) is 4.84. The Kier molecular flexibility index (Phi) is 6.10. The summed E-state index contributed by atoms with van der Waals surface area (Å²) in [7, 11) is 0. The van der Waals surface area contributed by atoms with E-state index in [0.29, 0.717) is 49.5 Å². The van der Waals surface area contributed by atoms with Gasteiger partial charge in [0, 0.05) is 49.5 Å². The number of amides is 2. The van der Waals surface area contributed by atoms with E-state index in [1.165, 1.54) is 6.07 Å². The fourth-order valence-electron chi connectivity index (χ4n) is 3.17. The Hall–Kier alpha value is -3.03. The van der Waals surface area contributed by atoms with Gasteiger partial charge in [0.05, 0.1) is 5.56 Å². The first-order valence-electron chi connectivity index (χ1n) is 9.39. The van der Waals surface area contributed by atoms with Crippen molar-refractivity contribution in [1.82, 2.24) is 4.90 Å². The van der Waals surface area contributed by atoms with Crippen molar-refractivity contribution in [2.75, 3.05) is 36.4 Å². The minimum absolute atomic E-state index is 0.102. The number of hydrogen-bond acceptors (Lipinski definition) is 3. The predicted molar refractivity (Wildman–Crippen MR) is 105 cm³/mol. The smallest absolute Gasteiger partial charge is 0.368 e. The zero-order valence-corrected chi connectivity index (χ0v) is 16.0. The summed E-state index contributed by atoms with van der Waals surface area (Å²) in [6.45, 7) is 3.51. The number of nitrogens with zero attached hydrogens (tertiary/aromatic N) is 2. The number of piperazine rings is 1. The molecule has 0 bridgehead atoms. The van der Waals surface area contributed by atoms with Gasteiger partial charge in [-0.05, 0) is 42.5 Å². The Labute approximate surface area is 167 Å². The maximum atomic E-state index is 12.9. The van der Waals surface area contributed by atoms with Crippen LogP contribution in [-0.4, -0.2) is 42.9 Å². The van der Waals surface area contributed by atoms with Gasteiger partial charge >= 0.3 is 6.18 Å². The molecule has 0 radical (unpaired) electrons. The lowest BCUT2D eigenvalue weighted by molar-refractivity contribution is -0.137. The number of anilines is 2. The highest BCUT2D eigenvalue weighted by Crippen LogP contribution is 2.32. The van der Waals surface area contributed by atoms with Crippen molar-refractivity contribution in [3.05, 3.63) is 59.7 Å². The van der Waals surface area contributed by atoms with E-state index >= 15 is 0 Å². The molecule has 1 N–H and O–H groups in total. The van der Waals surface area contributed by atoms with Crippen LogP contribution in [0, 0.1) is 0 Å². The first kappa shape index (κ1) is 20.7. The van der Waals surface area contributed by atoms with E-state index in [0.717, 1.165) is 12.1 Å². The molecule has 1 fully saturated rings. The van der Waals surface area contributed by atoms with Crippen LogP contribution in [0.3, 0.4) is 0 Å². The van der Waals surface area contributed by atoms with E-state index in [4.69, 9.17) is 0 Å². The topological polar surface area (TPSA) is 52.7 Å². The quantitative estimate of drug-likeness (QED) is 0.836. The van der Waals surface area contributed by atoms with E-state index < -0.39 is 11.7 Å². The minimum Gasteiger partial charge on any atom is -0.368 e. The van der Waals surface area contributed by atoms with Gasteiger partial charge in [-0.2, -0.15) is 13.2 Å². The van der Waals surface area contributed by atoms with Crippen LogP contribution >= 0.6 is 0 Å².